The topological polar surface area (TPSA) is 79.4 Å². The van der Waals surface area contributed by atoms with E-state index in [9.17, 15) is 14.4 Å². The molecule has 1 N–H and O–H groups in total. The van der Waals surface area contributed by atoms with Crippen LogP contribution in [0.3, 0.4) is 0 Å². The summed E-state index contributed by atoms with van der Waals surface area (Å²) in [4.78, 5) is 43.3. The molecule has 1 aromatic heterocycles. The van der Waals surface area contributed by atoms with Crippen molar-refractivity contribution in [1.29, 1.82) is 0 Å². The van der Waals surface area contributed by atoms with Crippen LogP contribution in [0.15, 0.2) is 23.6 Å². The Kier molecular flexibility index (Phi) is 5.15. The van der Waals surface area contributed by atoms with Crippen molar-refractivity contribution in [1.82, 2.24) is 9.88 Å². The number of fused-ring (bicyclic) bond motifs is 2. The standard InChI is InChI=1S/C23H25N3O3S/c27-20(10-11-26-21(28)17-6-1-2-7-18(17)22(26)29)25-23-24-19(13-30-23)16-9-8-14-4-3-5-15(14)12-16/h8-9,12-13,17-18H,1-7,10-11H2,(H,24,25,27)/t17-,18-/m0/s1. The van der Waals surface area contributed by atoms with Crippen molar-refractivity contribution in [3.63, 3.8) is 0 Å². The van der Waals surface area contributed by atoms with Gasteiger partial charge in [0.15, 0.2) is 5.13 Å². The van der Waals surface area contributed by atoms with Crippen LogP contribution in [0.4, 0.5) is 5.13 Å². The highest BCUT2D eigenvalue weighted by Crippen LogP contribution is 2.38. The Morgan fingerprint density at radius 3 is 2.57 bits per heavy atom. The lowest BCUT2D eigenvalue weighted by atomic mass is 9.81. The van der Waals surface area contributed by atoms with Crippen molar-refractivity contribution in [3.8, 4) is 11.3 Å². The Morgan fingerprint density at radius 2 is 1.80 bits per heavy atom. The van der Waals surface area contributed by atoms with Crippen LogP contribution in [0.25, 0.3) is 11.3 Å². The number of hydrogen-bond acceptors (Lipinski definition) is 5. The number of amides is 3. The maximum Gasteiger partial charge on any atom is 0.233 e. The number of aromatic nitrogens is 1. The van der Waals surface area contributed by atoms with E-state index in [1.807, 2.05) is 5.38 Å². The van der Waals surface area contributed by atoms with Crippen molar-refractivity contribution in [3.05, 3.63) is 34.7 Å². The molecule has 5 rings (SSSR count). The molecule has 2 atom stereocenters. The van der Waals surface area contributed by atoms with Crippen LogP contribution in [-0.4, -0.2) is 34.2 Å². The van der Waals surface area contributed by atoms with Gasteiger partial charge in [0.05, 0.1) is 17.5 Å². The van der Waals surface area contributed by atoms with Gasteiger partial charge in [-0.3, -0.25) is 19.3 Å². The summed E-state index contributed by atoms with van der Waals surface area (Å²) in [6.45, 7) is 0.152. The number of hydrogen-bond donors (Lipinski definition) is 1. The average Bonchev–Trinajstić information content (AvgIpc) is 3.46. The quantitative estimate of drug-likeness (QED) is 0.742. The maximum absolute atomic E-state index is 12.5. The van der Waals surface area contributed by atoms with Crippen molar-refractivity contribution in [2.75, 3.05) is 11.9 Å². The van der Waals surface area contributed by atoms with E-state index in [-0.39, 0.29) is 42.5 Å². The van der Waals surface area contributed by atoms with E-state index >= 15 is 0 Å². The summed E-state index contributed by atoms with van der Waals surface area (Å²) in [5.41, 5.74) is 4.75. The Labute approximate surface area is 179 Å². The molecular weight excluding hydrogens is 398 g/mol. The molecule has 7 heteroatoms. The van der Waals surface area contributed by atoms with Crippen LogP contribution in [0.5, 0.6) is 0 Å². The van der Waals surface area contributed by atoms with Gasteiger partial charge < -0.3 is 5.32 Å². The third-order valence-electron chi connectivity index (χ3n) is 6.64. The molecule has 3 amide bonds. The van der Waals surface area contributed by atoms with Crippen molar-refractivity contribution < 1.29 is 14.4 Å². The molecule has 30 heavy (non-hydrogen) atoms. The van der Waals surface area contributed by atoms with Gasteiger partial charge in [-0.1, -0.05) is 25.0 Å². The largest absolute Gasteiger partial charge is 0.302 e. The normalized spacial score (nSPS) is 22.9. The van der Waals surface area contributed by atoms with Crippen LogP contribution in [0, 0.1) is 11.8 Å². The van der Waals surface area contributed by atoms with E-state index in [1.165, 1.54) is 33.8 Å². The minimum atomic E-state index is -0.222. The Morgan fingerprint density at radius 1 is 1.07 bits per heavy atom. The molecule has 1 aliphatic heterocycles. The van der Waals surface area contributed by atoms with Gasteiger partial charge >= 0.3 is 0 Å². The van der Waals surface area contributed by atoms with Gasteiger partial charge in [0.2, 0.25) is 17.7 Å². The van der Waals surface area contributed by atoms with E-state index in [2.05, 4.69) is 28.5 Å². The van der Waals surface area contributed by atoms with Gasteiger partial charge in [0.1, 0.15) is 0 Å². The monoisotopic (exact) mass is 423 g/mol. The molecule has 0 bridgehead atoms. The van der Waals surface area contributed by atoms with E-state index in [4.69, 9.17) is 0 Å². The van der Waals surface area contributed by atoms with Gasteiger partial charge in [0.25, 0.3) is 0 Å². The molecule has 2 heterocycles. The molecule has 2 fully saturated rings. The summed E-state index contributed by atoms with van der Waals surface area (Å²) >= 11 is 1.39. The summed E-state index contributed by atoms with van der Waals surface area (Å²) < 4.78 is 0. The number of carbonyl (C=O) groups is 3. The average molecular weight is 424 g/mol. The number of nitrogens with zero attached hydrogens (tertiary/aromatic N) is 2. The molecule has 2 aliphatic carbocycles. The second-order valence-corrected chi connectivity index (χ2v) is 9.36. The minimum Gasteiger partial charge on any atom is -0.302 e. The third kappa shape index (κ3) is 3.55. The second kappa shape index (κ2) is 7.95. The first-order valence-corrected chi connectivity index (χ1v) is 11.7. The molecule has 156 valence electrons. The predicted octanol–water partition coefficient (Wildman–Crippen LogP) is 3.80. The molecule has 0 spiro atoms. The fourth-order valence-electron chi connectivity index (χ4n) is 5.04. The van der Waals surface area contributed by atoms with E-state index < -0.39 is 0 Å². The van der Waals surface area contributed by atoms with E-state index in [0.29, 0.717) is 5.13 Å². The highest BCUT2D eigenvalue weighted by Gasteiger charge is 2.47. The minimum absolute atomic E-state index is 0.0920. The maximum atomic E-state index is 12.5. The van der Waals surface area contributed by atoms with Crippen molar-refractivity contribution in [2.45, 2.75) is 51.4 Å². The third-order valence-corrected chi connectivity index (χ3v) is 7.40. The summed E-state index contributed by atoms with van der Waals surface area (Å²) in [7, 11) is 0. The molecular formula is C23H25N3O3S. The Bertz CT molecular complexity index is 991. The molecule has 0 unspecified atom stereocenters. The number of carbonyl (C=O) groups excluding carboxylic acids is 3. The first kappa shape index (κ1) is 19.4. The fraction of sp³-hybridized carbons (Fsp3) is 0.478. The zero-order valence-corrected chi connectivity index (χ0v) is 17.7. The van der Waals surface area contributed by atoms with Gasteiger partial charge in [-0.15, -0.1) is 11.3 Å². The van der Waals surface area contributed by atoms with Crippen LogP contribution in [0.1, 0.15) is 49.7 Å². The summed E-state index contributed by atoms with van der Waals surface area (Å²) in [5, 5.41) is 5.31. The second-order valence-electron chi connectivity index (χ2n) is 8.50. The van der Waals surface area contributed by atoms with Gasteiger partial charge in [-0.05, 0) is 49.3 Å². The highest BCUT2D eigenvalue weighted by molar-refractivity contribution is 7.14. The predicted molar refractivity (Wildman–Crippen MR) is 115 cm³/mol. The number of rotatable bonds is 5. The molecule has 2 aromatic rings. The van der Waals surface area contributed by atoms with Gasteiger partial charge in [0, 0.05) is 23.9 Å². The number of nitrogens with one attached hydrogen (secondary N) is 1. The molecule has 1 aromatic carbocycles. The summed E-state index contributed by atoms with van der Waals surface area (Å²) in [6.07, 6.45) is 7.18. The van der Waals surface area contributed by atoms with E-state index in [0.717, 1.165) is 49.8 Å². The van der Waals surface area contributed by atoms with Gasteiger partial charge in [-0.2, -0.15) is 0 Å². The number of anilines is 1. The molecule has 1 saturated heterocycles. The van der Waals surface area contributed by atoms with Crippen LogP contribution < -0.4 is 5.32 Å². The van der Waals surface area contributed by atoms with Crippen LogP contribution in [0.2, 0.25) is 0 Å². The molecule has 0 radical (unpaired) electrons. The number of aryl methyl sites for hydroxylation is 2. The Hall–Kier alpha value is -2.54. The lowest BCUT2D eigenvalue weighted by molar-refractivity contribution is -0.140. The van der Waals surface area contributed by atoms with Crippen molar-refractivity contribution >= 4 is 34.2 Å². The SMILES string of the molecule is O=C(CCN1C(=O)[C@H]2CCCC[C@@H]2C1=O)Nc1nc(-c2ccc3c(c2)CCC3)cs1. The summed E-state index contributed by atoms with van der Waals surface area (Å²) in [6, 6.07) is 6.47. The van der Waals surface area contributed by atoms with E-state index in [1.54, 1.807) is 0 Å². The fourth-order valence-corrected chi connectivity index (χ4v) is 5.78. The molecule has 6 nitrogen and oxygen atoms in total. The number of thiazole rings is 1. The molecule has 3 aliphatic rings. The van der Waals surface area contributed by atoms with Crippen LogP contribution in [-0.2, 0) is 27.2 Å². The number of benzene rings is 1. The number of likely N-dealkylation sites (tertiary alicyclic amines) is 1. The Balaban J connectivity index is 1.19. The lowest BCUT2D eigenvalue weighted by Gasteiger charge is -2.19. The first-order valence-electron chi connectivity index (χ1n) is 10.8. The highest BCUT2D eigenvalue weighted by atomic mass is 32.1. The smallest absolute Gasteiger partial charge is 0.233 e. The van der Waals surface area contributed by atoms with Gasteiger partial charge in [-0.25, -0.2) is 4.98 Å². The van der Waals surface area contributed by atoms with Crippen LogP contribution >= 0.6 is 11.3 Å². The molecule has 1 saturated carbocycles. The number of imide groups is 1. The zero-order chi connectivity index (χ0) is 20.7. The zero-order valence-electron chi connectivity index (χ0n) is 16.9. The van der Waals surface area contributed by atoms with Crippen molar-refractivity contribution in [2.24, 2.45) is 11.8 Å². The summed E-state index contributed by atoms with van der Waals surface area (Å²) in [5.74, 6) is -0.733. The first-order chi connectivity index (χ1) is 14.6. The lowest BCUT2D eigenvalue weighted by Crippen LogP contribution is -2.34.